The van der Waals surface area contributed by atoms with Gasteiger partial charge in [0, 0.05) is 53.5 Å². The van der Waals surface area contributed by atoms with Crippen molar-refractivity contribution in [1.29, 1.82) is 0 Å². The van der Waals surface area contributed by atoms with E-state index < -0.39 is 20.7 Å². The van der Waals surface area contributed by atoms with E-state index >= 15 is 0 Å². The fourth-order valence-electron chi connectivity index (χ4n) is 8.56. The van der Waals surface area contributed by atoms with E-state index in [0.717, 1.165) is 11.6 Å². The number of carbonyl (C=O) groups is 2. The topological polar surface area (TPSA) is 234 Å². The van der Waals surface area contributed by atoms with Crippen molar-refractivity contribution in [2.24, 2.45) is 0 Å². The Balaban J connectivity index is 0.000000160. The number of halogens is 2. The molecule has 21 heteroatoms. The zero-order valence-corrected chi connectivity index (χ0v) is 38.6. The summed E-state index contributed by atoms with van der Waals surface area (Å²) < 4.78 is 55.6. The van der Waals surface area contributed by atoms with Gasteiger partial charge in [0.25, 0.3) is 0 Å². The first kappa shape index (κ1) is 44.6. The third kappa shape index (κ3) is 8.13. The van der Waals surface area contributed by atoms with Crippen LogP contribution in [0.4, 0.5) is 20.4 Å². The Bertz CT molecular complexity index is 3650. The number of pyridine rings is 2. The first-order chi connectivity index (χ1) is 33.0. The summed E-state index contributed by atoms with van der Waals surface area (Å²) >= 11 is 0. The standard InChI is InChI=1S/C24H19FN8O.C24H23FN6O3S/c1-24(2)17-19(16-9-11-27-31-16)28-21(29-20(17)30-23(24)34)18-14-7-5-10-26-22(14)33(32-18)12-13-6-3-4-8-15(13)25;1-24(2)18-17(10-12-35(3,33)34)27-21(28-20(18)29-23(24)32)19-15-8-6-11-26-22(15)31(30-19)13-14-7-4-5-9-16(14)25/h3-11H,12H2,1-2H3,(H,27,31)(H,28,29,30,34);4-9,11H,10,12-13H2,1-3H3,(H,27,28,29,32). The van der Waals surface area contributed by atoms with Gasteiger partial charge < -0.3 is 10.6 Å². The Hall–Kier alpha value is -8.20. The largest absolute Gasteiger partial charge is 0.310 e. The van der Waals surface area contributed by atoms with Gasteiger partial charge in [-0.25, -0.2) is 56.5 Å². The van der Waals surface area contributed by atoms with Crippen molar-refractivity contribution in [3.05, 3.63) is 137 Å². The van der Waals surface area contributed by atoms with Crippen LogP contribution in [-0.4, -0.2) is 91.9 Å². The molecule has 0 spiro atoms. The maximum absolute atomic E-state index is 14.3. The van der Waals surface area contributed by atoms with Crippen LogP contribution in [0.25, 0.3) is 56.5 Å². The van der Waals surface area contributed by atoms with E-state index in [1.807, 2.05) is 26.0 Å². The predicted molar refractivity (Wildman–Crippen MR) is 252 cm³/mol. The number of H-pyrrole nitrogens is 1. The molecule has 3 N–H and O–H groups in total. The van der Waals surface area contributed by atoms with Crippen LogP contribution in [0.15, 0.2) is 97.5 Å². The first-order valence-electron chi connectivity index (χ1n) is 21.7. The molecular weight excluding hydrogens is 907 g/mol. The number of rotatable bonds is 10. The number of aryl methyl sites for hydroxylation is 1. The van der Waals surface area contributed by atoms with E-state index in [1.165, 1.54) is 12.1 Å². The highest BCUT2D eigenvalue weighted by Crippen LogP contribution is 2.43. The van der Waals surface area contributed by atoms with Gasteiger partial charge in [0.1, 0.15) is 44.5 Å². The maximum atomic E-state index is 14.3. The number of aromatic amines is 1. The third-order valence-corrected chi connectivity index (χ3v) is 13.1. The number of nitrogens with zero attached hydrogens (tertiary/aromatic N) is 11. The molecule has 0 atom stereocenters. The van der Waals surface area contributed by atoms with Crippen molar-refractivity contribution in [3.63, 3.8) is 0 Å². The molecule has 0 bridgehead atoms. The number of carbonyl (C=O) groups excluding carboxylic acids is 2. The molecule has 2 aromatic carbocycles. The highest BCUT2D eigenvalue weighted by Gasteiger charge is 2.44. The number of aromatic nitrogens is 12. The number of benzene rings is 2. The molecule has 0 saturated carbocycles. The molecule has 11 rings (SSSR count). The molecule has 9 aromatic rings. The summed E-state index contributed by atoms with van der Waals surface area (Å²) in [7, 11) is -3.27. The van der Waals surface area contributed by atoms with Crippen LogP contribution < -0.4 is 10.6 Å². The molecular formula is C48H42F2N14O4S. The SMILES string of the molecule is CC1(C)C(=O)Nc2nc(-c3nn(Cc4ccccc4F)c4ncccc34)nc(-c3ccn[nH]3)c21.CC1(C)C(=O)Nc2nc(-c3nn(Cc4ccccc4F)c4ncccc34)nc(CCS(C)(=O)=O)c21. The zero-order valence-electron chi connectivity index (χ0n) is 37.8. The Morgan fingerprint density at radius 1 is 0.609 bits per heavy atom. The molecule has 2 aliphatic heterocycles. The molecule has 0 aliphatic carbocycles. The summed E-state index contributed by atoms with van der Waals surface area (Å²) in [4.78, 5) is 53.0. The van der Waals surface area contributed by atoms with Gasteiger partial charge in [-0.3, -0.25) is 14.7 Å². The molecule has 9 heterocycles. The normalized spacial score (nSPS) is 14.6. The lowest BCUT2D eigenvalue weighted by molar-refractivity contribution is -0.120. The fraction of sp³-hybridized carbons (Fsp3) is 0.229. The van der Waals surface area contributed by atoms with Crippen molar-refractivity contribution in [2.45, 2.75) is 58.0 Å². The lowest BCUT2D eigenvalue weighted by Gasteiger charge is -2.18. The number of hydrogen-bond donors (Lipinski definition) is 3. The minimum atomic E-state index is -3.27. The second kappa shape index (κ2) is 16.8. The number of amides is 2. The Morgan fingerprint density at radius 2 is 1.12 bits per heavy atom. The van der Waals surface area contributed by atoms with Gasteiger partial charge in [-0.05, 0) is 70.2 Å². The summed E-state index contributed by atoms with van der Waals surface area (Å²) in [6.07, 6.45) is 6.20. The summed E-state index contributed by atoms with van der Waals surface area (Å²) in [5.41, 5.74) is 4.21. The van der Waals surface area contributed by atoms with Gasteiger partial charge in [-0.2, -0.15) is 15.3 Å². The molecule has 18 nitrogen and oxygen atoms in total. The van der Waals surface area contributed by atoms with Gasteiger partial charge in [0.2, 0.25) is 11.8 Å². The summed E-state index contributed by atoms with van der Waals surface area (Å²) in [6, 6.07) is 22.0. The van der Waals surface area contributed by atoms with Gasteiger partial charge in [0.15, 0.2) is 22.9 Å². The van der Waals surface area contributed by atoms with E-state index in [9.17, 15) is 26.8 Å². The Morgan fingerprint density at radius 3 is 1.62 bits per heavy atom. The van der Waals surface area contributed by atoms with Crippen molar-refractivity contribution in [2.75, 3.05) is 22.6 Å². The van der Waals surface area contributed by atoms with Crippen molar-refractivity contribution in [3.8, 4) is 34.4 Å². The van der Waals surface area contributed by atoms with Crippen LogP contribution in [0.5, 0.6) is 0 Å². The lowest BCUT2D eigenvalue weighted by Crippen LogP contribution is -2.28. The number of hydrogen-bond acceptors (Lipinski definition) is 13. The number of sulfone groups is 1. The Kier molecular flexibility index (Phi) is 10.9. The smallest absolute Gasteiger partial charge is 0.235 e. The first-order valence-corrected chi connectivity index (χ1v) is 23.8. The second-order valence-electron chi connectivity index (χ2n) is 17.8. The minimum absolute atomic E-state index is 0.121. The molecule has 7 aromatic heterocycles. The summed E-state index contributed by atoms with van der Waals surface area (Å²) in [6.45, 7) is 7.52. The molecule has 0 saturated heterocycles. The number of fused-ring (bicyclic) bond motifs is 4. The van der Waals surface area contributed by atoms with Crippen molar-refractivity contribution in [1.82, 2.24) is 59.7 Å². The summed E-state index contributed by atoms with van der Waals surface area (Å²) in [5.74, 6) is 0.146. The van der Waals surface area contributed by atoms with Gasteiger partial charge >= 0.3 is 0 Å². The van der Waals surface area contributed by atoms with Crippen LogP contribution in [0, 0.1) is 11.6 Å². The molecule has 2 aliphatic rings. The van der Waals surface area contributed by atoms with Crippen LogP contribution in [-0.2, 0) is 49.8 Å². The monoisotopic (exact) mass is 948 g/mol. The van der Waals surface area contributed by atoms with Crippen molar-refractivity contribution < 1.29 is 26.8 Å². The molecule has 0 radical (unpaired) electrons. The van der Waals surface area contributed by atoms with Gasteiger partial charge in [-0.1, -0.05) is 36.4 Å². The van der Waals surface area contributed by atoms with Gasteiger partial charge in [-0.15, -0.1) is 0 Å². The highest BCUT2D eigenvalue weighted by molar-refractivity contribution is 7.90. The second-order valence-corrected chi connectivity index (χ2v) is 20.0. The molecule has 0 fully saturated rings. The highest BCUT2D eigenvalue weighted by atomic mass is 32.2. The number of anilines is 2. The van der Waals surface area contributed by atoms with E-state index in [4.69, 9.17) is 15.1 Å². The van der Waals surface area contributed by atoms with Crippen LogP contribution in [0.1, 0.15) is 55.6 Å². The Labute approximate surface area is 392 Å². The van der Waals surface area contributed by atoms with E-state index in [0.29, 0.717) is 84.9 Å². The van der Waals surface area contributed by atoms with Crippen LogP contribution in [0.3, 0.4) is 0 Å². The fourth-order valence-corrected chi connectivity index (χ4v) is 9.12. The predicted octanol–water partition coefficient (Wildman–Crippen LogP) is 6.59. The molecule has 348 valence electrons. The molecule has 69 heavy (non-hydrogen) atoms. The average molecular weight is 949 g/mol. The summed E-state index contributed by atoms with van der Waals surface area (Å²) in [5, 5.41) is 23.4. The molecule has 0 unspecified atom stereocenters. The van der Waals surface area contributed by atoms with Gasteiger partial charge in [0.05, 0.1) is 57.5 Å². The van der Waals surface area contributed by atoms with Crippen LogP contribution >= 0.6 is 0 Å². The zero-order chi connectivity index (χ0) is 48.4. The lowest BCUT2D eigenvalue weighted by atomic mass is 9.85. The average Bonchev–Trinajstić information content (AvgIpc) is 4.15. The maximum Gasteiger partial charge on any atom is 0.235 e. The quantitative estimate of drug-likeness (QED) is 0.132. The van der Waals surface area contributed by atoms with Crippen LogP contribution in [0.2, 0.25) is 0 Å². The molecule has 2 amide bonds. The third-order valence-electron chi connectivity index (χ3n) is 12.2. The number of nitrogens with one attached hydrogen (secondary N) is 3. The van der Waals surface area contributed by atoms with E-state index in [-0.39, 0.29) is 54.5 Å². The van der Waals surface area contributed by atoms with Crippen molar-refractivity contribution >= 4 is 55.4 Å². The van der Waals surface area contributed by atoms with E-state index in [2.05, 4.69) is 45.9 Å². The minimum Gasteiger partial charge on any atom is -0.310 e. The van der Waals surface area contributed by atoms with E-state index in [1.54, 1.807) is 96.4 Å².